The van der Waals surface area contributed by atoms with Crippen LogP contribution in [0.2, 0.25) is 0 Å². The summed E-state index contributed by atoms with van der Waals surface area (Å²) in [5.74, 6) is 0. The Morgan fingerprint density at radius 2 is 1.89 bits per heavy atom. The minimum Gasteiger partial charge on any atom is -0.384 e. The average molecular weight is 249 g/mol. The molecule has 0 heterocycles. The van der Waals surface area contributed by atoms with Crippen LogP contribution in [-0.2, 0) is 0 Å². The Morgan fingerprint density at radius 3 is 2.58 bits per heavy atom. The van der Waals surface area contributed by atoms with Crippen LogP contribution < -0.4 is 0 Å². The van der Waals surface area contributed by atoms with Gasteiger partial charge in [0.05, 0.1) is 11.6 Å². The van der Waals surface area contributed by atoms with Gasteiger partial charge < -0.3 is 5.11 Å². The third-order valence-electron chi connectivity index (χ3n) is 2.96. The number of benzene rings is 2. The molecule has 0 fully saturated rings. The van der Waals surface area contributed by atoms with Crippen molar-refractivity contribution in [1.82, 2.24) is 0 Å². The van der Waals surface area contributed by atoms with Gasteiger partial charge in [0.25, 0.3) is 0 Å². The highest BCUT2D eigenvalue weighted by atomic mass is 16.3. The normalized spacial score (nSPS) is 12.8. The van der Waals surface area contributed by atoms with Gasteiger partial charge in [0.15, 0.2) is 0 Å². The maximum absolute atomic E-state index is 10.2. The molecular formula is C17H15NO. The first-order chi connectivity index (χ1) is 9.20. The van der Waals surface area contributed by atoms with Crippen molar-refractivity contribution in [2.45, 2.75) is 13.0 Å². The summed E-state index contributed by atoms with van der Waals surface area (Å²) in [5.41, 5.74) is 3.26. The van der Waals surface area contributed by atoms with E-state index >= 15 is 0 Å². The molecule has 2 heteroatoms. The molecule has 0 spiro atoms. The third kappa shape index (κ3) is 3.31. The second kappa shape index (κ2) is 5.99. The number of aliphatic hydroxyl groups is 1. The highest BCUT2D eigenvalue weighted by molar-refractivity contribution is 5.56. The molecule has 1 unspecified atom stereocenters. The van der Waals surface area contributed by atoms with E-state index in [9.17, 15) is 5.11 Å². The number of nitriles is 1. The van der Waals surface area contributed by atoms with Crippen LogP contribution >= 0.6 is 0 Å². The molecule has 0 saturated carbocycles. The lowest BCUT2D eigenvalue weighted by Crippen LogP contribution is -1.98. The first kappa shape index (κ1) is 13.1. The summed E-state index contributed by atoms with van der Waals surface area (Å²) in [5, 5.41) is 19.1. The molecule has 0 radical (unpaired) electrons. The maximum atomic E-state index is 10.2. The highest BCUT2D eigenvalue weighted by Crippen LogP contribution is 2.23. The summed E-state index contributed by atoms with van der Waals surface area (Å²) in [6.07, 6.45) is 1.28. The van der Waals surface area contributed by atoms with Gasteiger partial charge in [-0.1, -0.05) is 48.5 Å². The standard InChI is InChI=1S/C17H15NO/c1-13(17(19)16-8-3-2-4-9-16)10-14-6-5-7-15(11-14)12-18/h2-11,17,19H,1H3/b13-10+. The Balaban J connectivity index is 2.26. The molecular weight excluding hydrogens is 234 g/mol. The monoisotopic (exact) mass is 249 g/mol. The Kier molecular flexibility index (Phi) is 4.12. The maximum Gasteiger partial charge on any atom is 0.100 e. The van der Waals surface area contributed by atoms with Crippen molar-refractivity contribution < 1.29 is 5.11 Å². The summed E-state index contributed by atoms with van der Waals surface area (Å²) in [6, 6.07) is 19.0. The molecule has 2 nitrogen and oxygen atoms in total. The Morgan fingerprint density at radius 1 is 1.16 bits per heavy atom. The Labute approximate surface area is 113 Å². The largest absolute Gasteiger partial charge is 0.384 e. The molecule has 2 aromatic carbocycles. The van der Waals surface area contributed by atoms with Crippen molar-refractivity contribution in [1.29, 1.82) is 5.26 Å². The number of aliphatic hydroxyl groups excluding tert-OH is 1. The molecule has 19 heavy (non-hydrogen) atoms. The summed E-state index contributed by atoms with van der Waals surface area (Å²) >= 11 is 0. The van der Waals surface area contributed by atoms with Crippen molar-refractivity contribution in [3.63, 3.8) is 0 Å². The predicted molar refractivity (Wildman–Crippen MR) is 76.2 cm³/mol. The zero-order valence-electron chi connectivity index (χ0n) is 10.7. The molecule has 0 aliphatic rings. The van der Waals surface area contributed by atoms with E-state index in [4.69, 9.17) is 5.26 Å². The zero-order valence-corrected chi connectivity index (χ0v) is 10.7. The SMILES string of the molecule is C/C(=C\c1cccc(C#N)c1)C(O)c1ccccc1. The zero-order chi connectivity index (χ0) is 13.7. The fraction of sp³-hybridized carbons (Fsp3) is 0.118. The van der Waals surface area contributed by atoms with Gasteiger partial charge in [0, 0.05) is 0 Å². The fourth-order valence-electron chi connectivity index (χ4n) is 1.94. The molecule has 0 saturated heterocycles. The summed E-state index contributed by atoms with van der Waals surface area (Å²) in [6.45, 7) is 1.89. The topological polar surface area (TPSA) is 44.0 Å². The molecule has 0 bridgehead atoms. The number of hydrogen-bond acceptors (Lipinski definition) is 2. The average Bonchev–Trinajstić information content (AvgIpc) is 2.47. The second-order valence-corrected chi connectivity index (χ2v) is 4.44. The van der Waals surface area contributed by atoms with Crippen LogP contribution in [0.25, 0.3) is 6.08 Å². The summed E-state index contributed by atoms with van der Waals surface area (Å²) < 4.78 is 0. The van der Waals surface area contributed by atoms with Crippen molar-refractivity contribution in [3.05, 3.63) is 76.9 Å². The van der Waals surface area contributed by atoms with E-state index in [0.29, 0.717) is 5.56 Å². The van der Waals surface area contributed by atoms with Crippen LogP contribution in [0, 0.1) is 11.3 Å². The van der Waals surface area contributed by atoms with Crippen LogP contribution in [0.4, 0.5) is 0 Å². The van der Waals surface area contributed by atoms with E-state index in [-0.39, 0.29) is 0 Å². The van der Waals surface area contributed by atoms with E-state index in [1.54, 1.807) is 12.1 Å². The van der Waals surface area contributed by atoms with Crippen LogP contribution in [0.15, 0.2) is 60.2 Å². The Hall–Kier alpha value is -2.37. The molecule has 0 aliphatic carbocycles. The molecule has 1 atom stereocenters. The van der Waals surface area contributed by atoms with Crippen molar-refractivity contribution in [2.24, 2.45) is 0 Å². The van der Waals surface area contributed by atoms with Crippen LogP contribution in [-0.4, -0.2) is 5.11 Å². The lowest BCUT2D eigenvalue weighted by Gasteiger charge is -2.11. The predicted octanol–water partition coefficient (Wildman–Crippen LogP) is 3.70. The summed E-state index contributed by atoms with van der Waals surface area (Å²) in [4.78, 5) is 0. The molecule has 2 aromatic rings. The highest BCUT2D eigenvalue weighted by Gasteiger charge is 2.08. The molecule has 94 valence electrons. The van der Waals surface area contributed by atoms with Crippen LogP contribution in [0.3, 0.4) is 0 Å². The first-order valence-corrected chi connectivity index (χ1v) is 6.12. The molecule has 2 rings (SSSR count). The van der Waals surface area contributed by atoms with Crippen molar-refractivity contribution in [3.8, 4) is 6.07 Å². The van der Waals surface area contributed by atoms with E-state index < -0.39 is 6.10 Å². The minimum atomic E-state index is -0.619. The molecule has 1 N–H and O–H groups in total. The van der Waals surface area contributed by atoms with Gasteiger partial charge in [-0.3, -0.25) is 0 Å². The quantitative estimate of drug-likeness (QED) is 0.901. The smallest absolute Gasteiger partial charge is 0.100 e. The molecule has 0 amide bonds. The van der Waals surface area contributed by atoms with E-state index in [0.717, 1.165) is 16.7 Å². The van der Waals surface area contributed by atoms with Crippen LogP contribution in [0.5, 0.6) is 0 Å². The summed E-state index contributed by atoms with van der Waals surface area (Å²) in [7, 11) is 0. The van der Waals surface area contributed by atoms with Gasteiger partial charge in [-0.05, 0) is 35.8 Å². The fourth-order valence-corrected chi connectivity index (χ4v) is 1.94. The van der Waals surface area contributed by atoms with E-state index in [1.165, 1.54) is 0 Å². The lowest BCUT2D eigenvalue weighted by atomic mass is 10.0. The van der Waals surface area contributed by atoms with E-state index in [2.05, 4.69) is 6.07 Å². The molecule has 0 aromatic heterocycles. The van der Waals surface area contributed by atoms with Gasteiger partial charge in [0.2, 0.25) is 0 Å². The number of nitrogens with zero attached hydrogens (tertiary/aromatic N) is 1. The van der Waals surface area contributed by atoms with Crippen molar-refractivity contribution in [2.75, 3.05) is 0 Å². The molecule has 0 aliphatic heterocycles. The van der Waals surface area contributed by atoms with Gasteiger partial charge in [-0.15, -0.1) is 0 Å². The van der Waals surface area contributed by atoms with Gasteiger partial charge in [-0.2, -0.15) is 5.26 Å². The van der Waals surface area contributed by atoms with Crippen molar-refractivity contribution >= 4 is 6.08 Å². The number of hydrogen-bond donors (Lipinski definition) is 1. The van der Waals surface area contributed by atoms with Gasteiger partial charge in [0.1, 0.15) is 6.10 Å². The van der Waals surface area contributed by atoms with Gasteiger partial charge >= 0.3 is 0 Å². The first-order valence-electron chi connectivity index (χ1n) is 6.12. The number of rotatable bonds is 3. The lowest BCUT2D eigenvalue weighted by molar-refractivity contribution is 0.217. The van der Waals surface area contributed by atoms with Gasteiger partial charge in [-0.25, -0.2) is 0 Å². The van der Waals surface area contributed by atoms with E-state index in [1.807, 2.05) is 55.5 Å². The Bertz CT molecular complexity index is 623. The second-order valence-electron chi connectivity index (χ2n) is 4.44. The van der Waals surface area contributed by atoms with Crippen LogP contribution in [0.1, 0.15) is 29.7 Å². The minimum absolute atomic E-state index is 0.619. The third-order valence-corrected chi connectivity index (χ3v) is 2.96.